The minimum Gasteiger partial charge on any atom is -0.489 e. The summed E-state index contributed by atoms with van der Waals surface area (Å²) in [6.45, 7) is 6.36. The zero-order valence-electron chi connectivity index (χ0n) is 26.2. The van der Waals surface area contributed by atoms with Gasteiger partial charge in [0.2, 0.25) is 5.95 Å². The molecule has 0 bridgehead atoms. The Balaban J connectivity index is 1.29. The molecular weight excluding hydrogens is 586 g/mol. The Morgan fingerprint density at radius 2 is 1.80 bits per heavy atom. The number of rotatable bonds is 7. The first-order chi connectivity index (χ1) is 22.2. The smallest absolute Gasteiger partial charge is 0.263 e. The van der Waals surface area contributed by atoms with Gasteiger partial charge in [0.15, 0.2) is 11.6 Å². The lowest BCUT2D eigenvalue weighted by molar-refractivity contribution is 0.0302. The largest absolute Gasteiger partial charge is 0.489 e. The Morgan fingerprint density at radius 1 is 1.04 bits per heavy atom. The quantitative estimate of drug-likeness (QED) is 0.287. The number of fused-ring (bicyclic) bond motifs is 2. The van der Waals surface area contributed by atoms with Crippen LogP contribution in [0, 0.1) is 5.92 Å². The standard InChI is InChI=1S/C35H37N5O6/c1-35(2)31(30(42)26-6-4-5-7-28(26)46-35)40-32-22(18-27(33(40)43)29(41)21-13-16-44-17-14-21)19-36-34(38-32)37-23-8-10-24(11-9-23)45-25-12-15-39(3)20-25/h4-11,18-19,21,25,31H,12-17,20H2,1-3H3,(H,36,37,38). The molecule has 2 saturated heterocycles. The summed E-state index contributed by atoms with van der Waals surface area (Å²) in [7, 11) is 2.08. The molecule has 7 rings (SSSR count). The number of aromatic nitrogens is 3. The van der Waals surface area contributed by atoms with Crippen LogP contribution in [-0.4, -0.2) is 76.1 Å². The summed E-state index contributed by atoms with van der Waals surface area (Å²) in [4.78, 5) is 53.8. The van der Waals surface area contributed by atoms with Gasteiger partial charge in [-0.3, -0.25) is 19.0 Å². The first-order valence-electron chi connectivity index (χ1n) is 15.8. The summed E-state index contributed by atoms with van der Waals surface area (Å²) in [5.74, 6) is 0.563. The van der Waals surface area contributed by atoms with E-state index < -0.39 is 17.2 Å². The molecule has 0 radical (unpaired) electrons. The summed E-state index contributed by atoms with van der Waals surface area (Å²) in [6.07, 6.45) is 3.78. The first kappa shape index (κ1) is 30.1. The normalized spacial score (nSPS) is 21.5. The Labute approximate surface area is 266 Å². The lowest BCUT2D eigenvalue weighted by Crippen LogP contribution is -2.51. The summed E-state index contributed by atoms with van der Waals surface area (Å²) < 4.78 is 19.2. The molecule has 3 aliphatic heterocycles. The highest BCUT2D eigenvalue weighted by Crippen LogP contribution is 2.40. The van der Waals surface area contributed by atoms with Gasteiger partial charge in [0.05, 0.1) is 11.1 Å². The molecular formula is C35H37N5O6. The topological polar surface area (TPSA) is 125 Å². The molecule has 2 atom stereocenters. The molecule has 1 N–H and O–H groups in total. The number of likely N-dealkylation sites (tertiary alicyclic amines) is 1. The Morgan fingerprint density at radius 3 is 2.54 bits per heavy atom. The van der Waals surface area contributed by atoms with Crippen LogP contribution in [0.1, 0.15) is 59.9 Å². The number of benzene rings is 2. The number of hydrogen-bond acceptors (Lipinski definition) is 10. The summed E-state index contributed by atoms with van der Waals surface area (Å²) in [6, 6.07) is 15.0. The van der Waals surface area contributed by atoms with Crippen molar-refractivity contribution < 1.29 is 23.8 Å². The van der Waals surface area contributed by atoms with Crippen LogP contribution in [0.15, 0.2) is 65.6 Å². The Bertz CT molecular complexity index is 1860. The number of carbonyl (C=O) groups excluding carboxylic acids is 2. The van der Waals surface area contributed by atoms with Crippen molar-refractivity contribution in [2.24, 2.45) is 5.92 Å². The lowest BCUT2D eigenvalue weighted by Gasteiger charge is -2.39. The van der Waals surface area contributed by atoms with Crippen molar-refractivity contribution in [1.29, 1.82) is 0 Å². The third kappa shape index (κ3) is 5.65. The van der Waals surface area contributed by atoms with Gasteiger partial charge in [0, 0.05) is 49.5 Å². The van der Waals surface area contributed by atoms with Gasteiger partial charge in [-0.05, 0) is 82.6 Å². The van der Waals surface area contributed by atoms with Crippen molar-refractivity contribution in [3.63, 3.8) is 0 Å². The molecule has 11 nitrogen and oxygen atoms in total. The van der Waals surface area contributed by atoms with Gasteiger partial charge in [-0.15, -0.1) is 0 Å². The zero-order valence-corrected chi connectivity index (χ0v) is 26.2. The summed E-state index contributed by atoms with van der Waals surface area (Å²) in [5.41, 5.74) is -0.387. The Kier molecular flexibility index (Phi) is 7.82. The van der Waals surface area contributed by atoms with Crippen LogP contribution in [0.2, 0.25) is 0 Å². The van der Waals surface area contributed by atoms with E-state index in [0.29, 0.717) is 42.8 Å². The van der Waals surface area contributed by atoms with E-state index in [1.165, 1.54) is 4.57 Å². The van der Waals surface area contributed by atoms with Gasteiger partial charge in [0.25, 0.3) is 5.56 Å². The maximum absolute atomic E-state index is 14.4. The fourth-order valence-electron chi connectivity index (χ4n) is 6.69. The number of hydrogen-bond donors (Lipinski definition) is 1. The lowest BCUT2D eigenvalue weighted by atomic mass is 9.86. The van der Waals surface area contributed by atoms with E-state index in [1.54, 1.807) is 50.4 Å². The number of nitrogens with zero attached hydrogens (tertiary/aromatic N) is 4. The molecule has 238 valence electrons. The van der Waals surface area contributed by atoms with Gasteiger partial charge in [0.1, 0.15) is 34.9 Å². The number of Topliss-reactive ketones (excluding diaryl/α,β-unsaturated/α-hetero) is 2. The minimum absolute atomic E-state index is 0.00946. The molecule has 11 heteroatoms. The van der Waals surface area contributed by atoms with Gasteiger partial charge in [-0.1, -0.05) is 12.1 Å². The molecule has 2 fully saturated rings. The molecule has 0 amide bonds. The second-order valence-corrected chi connectivity index (χ2v) is 12.9. The van der Waals surface area contributed by atoms with Crippen LogP contribution in [0.25, 0.3) is 11.0 Å². The minimum atomic E-state index is -1.13. The van der Waals surface area contributed by atoms with Crippen LogP contribution in [0.5, 0.6) is 11.5 Å². The third-order valence-electron chi connectivity index (χ3n) is 9.08. The average Bonchev–Trinajstić information content (AvgIpc) is 3.46. The van der Waals surface area contributed by atoms with E-state index in [0.717, 1.165) is 30.9 Å². The van der Waals surface area contributed by atoms with Crippen LogP contribution in [0.3, 0.4) is 0 Å². The van der Waals surface area contributed by atoms with Crippen molar-refractivity contribution in [2.45, 2.75) is 50.9 Å². The van der Waals surface area contributed by atoms with Crippen molar-refractivity contribution in [2.75, 3.05) is 38.7 Å². The SMILES string of the molecule is CN1CCC(Oc2ccc(Nc3ncc4cc(C(=O)C5CCOCC5)c(=O)n(C5C(=O)c6ccccc6OC5(C)C)c4n3)cc2)C1. The predicted octanol–water partition coefficient (Wildman–Crippen LogP) is 4.82. The van der Waals surface area contributed by atoms with E-state index in [2.05, 4.69) is 22.2 Å². The van der Waals surface area contributed by atoms with Crippen molar-refractivity contribution >= 4 is 34.2 Å². The van der Waals surface area contributed by atoms with Crippen LogP contribution in [-0.2, 0) is 4.74 Å². The number of anilines is 2. The number of ether oxygens (including phenoxy) is 3. The van der Waals surface area contributed by atoms with E-state index in [9.17, 15) is 14.4 Å². The van der Waals surface area contributed by atoms with E-state index in [4.69, 9.17) is 19.2 Å². The Hall–Kier alpha value is -4.61. The number of ketones is 2. The van der Waals surface area contributed by atoms with Crippen LogP contribution < -0.4 is 20.3 Å². The molecule has 0 saturated carbocycles. The van der Waals surface area contributed by atoms with Gasteiger partial charge >= 0.3 is 0 Å². The predicted molar refractivity (Wildman–Crippen MR) is 172 cm³/mol. The molecule has 2 aromatic heterocycles. The molecule has 2 aromatic carbocycles. The first-order valence-corrected chi connectivity index (χ1v) is 15.8. The highest BCUT2D eigenvalue weighted by Gasteiger charge is 2.46. The maximum atomic E-state index is 14.4. The van der Waals surface area contributed by atoms with Crippen molar-refractivity contribution in [1.82, 2.24) is 19.4 Å². The average molecular weight is 624 g/mol. The number of nitrogens with one attached hydrogen (secondary N) is 1. The monoisotopic (exact) mass is 623 g/mol. The molecule has 3 aliphatic rings. The number of pyridine rings is 1. The molecule has 0 aliphatic carbocycles. The summed E-state index contributed by atoms with van der Waals surface area (Å²) in [5, 5.41) is 3.68. The van der Waals surface area contributed by atoms with Crippen molar-refractivity contribution in [3.05, 3.63) is 82.3 Å². The van der Waals surface area contributed by atoms with Gasteiger partial charge in [-0.25, -0.2) is 4.98 Å². The van der Waals surface area contributed by atoms with E-state index in [-0.39, 0.29) is 40.7 Å². The highest BCUT2D eigenvalue weighted by molar-refractivity contribution is 6.05. The van der Waals surface area contributed by atoms with Gasteiger partial charge in [-0.2, -0.15) is 4.98 Å². The van der Waals surface area contributed by atoms with E-state index in [1.807, 2.05) is 24.3 Å². The van der Waals surface area contributed by atoms with Gasteiger partial charge < -0.3 is 24.4 Å². The molecule has 5 heterocycles. The second-order valence-electron chi connectivity index (χ2n) is 12.9. The fourth-order valence-corrected chi connectivity index (χ4v) is 6.69. The number of likely N-dealkylation sites (N-methyl/N-ethyl adjacent to an activating group) is 1. The van der Waals surface area contributed by atoms with E-state index >= 15 is 0 Å². The molecule has 0 spiro atoms. The third-order valence-corrected chi connectivity index (χ3v) is 9.08. The molecule has 2 unspecified atom stereocenters. The summed E-state index contributed by atoms with van der Waals surface area (Å²) >= 11 is 0. The molecule has 4 aromatic rings. The van der Waals surface area contributed by atoms with Crippen molar-refractivity contribution in [3.8, 4) is 11.5 Å². The second kappa shape index (κ2) is 12.0. The zero-order chi connectivity index (χ0) is 32.0. The van der Waals surface area contributed by atoms with Crippen LogP contribution in [0.4, 0.5) is 11.6 Å². The number of para-hydroxylation sites is 1. The highest BCUT2D eigenvalue weighted by atomic mass is 16.5. The maximum Gasteiger partial charge on any atom is 0.263 e. The van der Waals surface area contributed by atoms with Crippen LogP contribution >= 0.6 is 0 Å². The fraction of sp³-hybridized carbons (Fsp3) is 0.400. The molecule has 46 heavy (non-hydrogen) atoms. The number of carbonyl (C=O) groups is 2.